The van der Waals surface area contributed by atoms with Gasteiger partial charge < -0.3 is 9.47 Å². The van der Waals surface area contributed by atoms with Gasteiger partial charge in [0.15, 0.2) is 0 Å². The molecule has 2 aliphatic rings. The van der Waals surface area contributed by atoms with Gasteiger partial charge in [-0.2, -0.15) is 0 Å². The van der Waals surface area contributed by atoms with E-state index in [9.17, 15) is 9.59 Å². The predicted molar refractivity (Wildman–Crippen MR) is 122 cm³/mol. The molecule has 5 nitrogen and oxygen atoms in total. The highest BCUT2D eigenvalue weighted by Gasteiger charge is 2.34. The quantitative estimate of drug-likeness (QED) is 0.273. The molecule has 0 saturated carbocycles. The smallest absolute Gasteiger partial charge is 0.343 e. The van der Waals surface area contributed by atoms with E-state index in [1.54, 1.807) is 59.5 Å². The Morgan fingerprint density at radius 3 is 2.63 bits per heavy atom. The number of hydrogen-bond donors (Lipinski definition) is 0. The molecule has 154 valence electrons. The third-order valence-corrected chi connectivity index (χ3v) is 6.38. The van der Waals surface area contributed by atoms with Crippen molar-refractivity contribution in [2.24, 2.45) is 0 Å². The summed E-state index contributed by atoms with van der Waals surface area (Å²) in [7, 11) is 0. The number of benzene rings is 2. The lowest BCUT2D eigenvalue weighted by Crippen LogP contribution is -2.35. The van der Waals surface area contributed by atoms with Gasteiger partial charge in [-0.1, -0.05) is 47.7 Å². The van der Waals surface area contributed by atoms with Crippen molar-refractivity contribution in [1.82, 2.24) is 4.90 Å². The molecule has 2 aromatic rings. The van der Waals surface area contributed by atoms with E-state index < -0.39 is 5.97 Å². The molecule has 1 atom stereocenters. The molecule has 0 radical (unpaired) electrons. The minimum Gasteiger partial charge on any atom is -0.423 e. The molecule has 1 amide bonds. The van der Waals surface area contributed by atoms with E-state index >= 15 is 0 Å². The van der Waals surface area contributed by atoms with Crippen LogP contribution in [-0.4, -0.2) is 40.4 Å². The first-order chi connectivity index (χ1) is 14.5. The molecule has 0 unspecified atom stereocenters. The summed E-state index contributed by atoms with van der Waals surface area (Å²) in [6.07, 6.45) is 3.82. The Hall–Kier alpha value is -2.19. The molecule has 0 bridgehead atoms. The second-order valence-electron chi connectivity index (χ2n) is 6.89. The molecule has 2 aromatic carbocycles. The molecule has 0 spiro atoms. The number of carbonyl (C=O) groups excluding carboxylic acids is 2. The molecule has 2 saturated heterocycles. The van der Waals surface area contributed by atoms with Gasteiger partial charge in [0, 0.05) is 11.6 Å². The van der Waals surface area contributed by atoms with Crippen LogP contribution in [0.3, 0.4) is 0 Å². The van der Waals surface area contributed by atoms with Crippen LogP contribution in [0.4, 0.5) is 0 Å². The van der Waals surface area contributed by atoms with Crippen LogP contribution < -0.4 is 4.74 Å². The van der Waals surface area contributed by atoms with Crippen molar-refractivity contribution in [1.29, 1.82) is 0 Å². The highest BCUT2D eigenvalue weighted by Crippen LogP contribution is 2.33. The summed E-state index contributed by atoms with van der Waals surface area (Å²) in [6, 6.07) is 13.4. The van der Waals surface area contributed by atoms with Crippen LogP contribution in [0.2, 0.25) is 5.02 Å². The number of halogens is 1. The fourth-order valence-corrected chi connectivity index (χ4v) is 4.59. The largest absolute Gasteiger partial charge is 0.423 e. The molecule has 0 aliphatic carbocycles. The zero-order chi connectivity index (χ0) is 21.1. The molecule has 0 N–H and O–H groups in total. The SMILES string of the molecule is O=C(Oc1ccc(/C=C2\SC(=S)N(C[C@H]3CCCO3)C2=O)cc1)c1ccc(Cl)cc1. The number of carbonyl (C=O) groups is 2. The van der Waals surface area contributed by atoms with Gasteiger partial charge in [0.25, 0.3) is 5.91 Å². The first kappa shape index (κ1) is 21.1. The molecule has 2 aliphatic heterocycles. The Morgan fingerprint density at radius 1 is 1.23 bits per heavy atom. The molecule has 2 fully saturated rings. The highest BCUT2D eigenvalue weighted by atomic mass is 35.5. The number of thioether (sulfide) groups is 1. The lowest BCUT2D eigenvalue weighted by Gasteiger charge is -2.18. The van der Waals surface area contributed by atoms with Gasteiger partial charge in [-0.15, -0.1) is 0 Å². The molecule has 0 aromatic heterocycles. The monoisotopic (exact) mass is 459 g/mol. The average Bonchev–Trinajstić information content (AvgIpc) is 3.34. The molecule has 2 heterocycles. The number of esters is 1. The molecule has 8 heteroatoms. The van der Waals surface area contributed by atoms with Crippen molar-refractivity contribution in [3.8, 4) is 5.75 Å². The summed E-state index contributed by atoms with van der Waals surface area (Å²) >= 11 is 12.5. The van der Waals surface area contributed by atoms with Crippen LogP contribution in [0.25, 0.3) is 6.08 Å². The topological polar surface area (TPSA) is 55.8 Å². The molecule has 30 heavy (non-hydrogen) atoms. The number of hydrogen-bond acceptors (Lipinski definition) is 6. The van der Waals surface area contributed by atoms with Crippen LogP contribution >= 0.6 is 35.6 Å². The van der Waals surface area contributed by atoms with E-state index in [0.717, 1.165) is 25.0 Å². The maximum atomic E-state index is 12.7. The van der Waals surface area contributed by atoms with Crippen molar-refractivity contribution in [3.05, 3.63) is 69.6 Å². The summed E-state index contributed by atoms with van der Waals surface area (Å²) in [6.45, 7) is 1.24. The fourth-order valence-electron chi connectivity index (χ4n) is 3.18. The first-order valence-electron chi connectivity index (χ1n) is 9.44. The van der Waals surface area contributed by atoms with Gasteiger partial charge in [0.2, 0.25) is 0 Å². The van der Waals surface area contributed by atoms with Gasteiger partial charge >= 0.3 is 5.97 Å². The number of ether oxygens (including phenoxy) is 2. The number of rotatable bonds is 5. The normalized spacial score (nSPS) is 20.2. The molecule has 4 rings (SSSR count). The summed E-state index contributed by atoms with van der Waals surface area (Å²) in [5, 5.41) is 0.553. The molecular weight excluding hydrogens is 442 g/mol. The third-order valence-electron chi connectivity index (χ3n) is 4.75. The van der Waals surface area contributed by atoms with Gasteiger partial charge in [-0.3, -0.25) is 9.69 Å². The summed E-state index contributed by atoms with van der Waals surface area (Å²) in [5.41, 5.74) is 1.23. The fraction of sp³-hybridized carbons (Fsp3) is 0.227. The van der Waals surface area contributed by atoms with E-state index in [1.165, 1.54) is 11.8 Å². The second kappa shape index (κ2) is 9.31. The minimum absolute atomic E-state index is 0.0569. The van der Waals surface area contributed by atoms with E-state index in [2.05, 4.69) is 0 Å². The van der Waals surface area contributed by atoms with Crippen LogP contribution in [-0.2, 0) is 9.53 Å². The van der Waals surface area contributed by atoms with Gasteiger partial charge in [-0.05, 0) is 60.9 Å². The van der Waals surface area contributed by atoms with Crippen LogP contribution in [0.1, 0.15) is 28.8 Å². The van der Waals surface area contributed by atoms with Gasteiger partial charge in [0.1, 0.15) is 10.1 Å². The average molecular weight is 460 g/mol. The Labute approximate surface area is 189 Å². The maximum Gasteiger partial charge on any atom is 0.343 e. The maximum absolute atomic E-state index is 12.7. The van der Waals surface area contributed by atoms with Crippen molar-refractivity contribution < 1.29 is 19.1 Å². The zero-order valence-corrected chi connectivity index (χ0v) is 18.3. The Kier molecular flexibility index (Phi) is 6.53. The van der Waals surface area contributed by atoms with Crippen molar-refractivity contribution in [2.75, 3.05) is 13.2 Å². The number of amides is 1. The van der Waals surface area contributed by atoms with E-state index in [1.807, 2.05) is 0 Å². The highest BCUT2D eigenvalue weighted by molar-refractivity contribution is 8.26. The Balaban J connectivity index is 1.40. The summed E-state index contributed by atoms with van der Waals surface area (Å²) < 4.78 is 11.5. The standard InChI is InChI=1S/C22H18ClNO4S2/c23-16-7-5-15(6-8-16)21(26)28-17-9-3-14(4-10-17)12-19-20(25)24(22(29)30-19)13-18-2-1-11-27-18/h3-10,12,18H,1-2,11,13H2/b19-12-/t18-/m1/s1. The van der Waals surface area contributed by atoms with Crippen molar-refractivity contribution in [2.45, 2.75) is 18.9 Å². The van der Waals surface area contributed by atoms with Crippen LogP contribution in [0, 0.1) is 0 Å². The van der Waals surface area contributed by atoms with E-state index in [-0.39, 0.29) is 12.0 Å². The predicted octanol–water partition coefficient (Wildman–Crippen LogP) is 4.94. The van der Waals surface area contributed by atoms with E-state index in [4.69, 9.17) is 33.3 Å². The number of nitrogens with zero attached hydrogens (tertiary/aromatic N) is 1. The first-order valence-corrected chi connectivity index (χ1v) is 11.0. The van der Waals surface area contributed by atoms with E-state index in [0.29, 0.717) is 32.1 Å². The Bertz CT molecular complexity index is 999. The second-order valence-corrected chi connectivity index (χ2v) is 9.00. The lowest BCUT2D eigenvalue weighted by molar-refractivity contribution is -0.123. The lowest BCUT2D eigenvalue weighted by atomic mass is 10.2. The minimum atomic E-state index is -0.464. The third kappa shape index (κ3) is 4.92. The van der Waals surface area contributed by atoms with Crippen LogP contribution in [0.5, 0.6) is 5.75 Å². The van der Waals surface area contributed by atoms with Crippen molar-refractivity contribution in [3.63, 3.8) is 0 Å². The van der Waals surface area contributed by atoms with Crippen molar-refractivity contribution >= 4 is 57.9 Å². The van der Waals surface area contributed by atoms with Gasteiger partial charge in [0.05, 0.1) is 23.1 Å². The Morgan fingerprint density at radius 2 is 1.97 bits per heavy atom. The zero-order valence-electron chi connectivity index (χ0n) is 15.9. The molecular formula is C22H18ClNO4S2. The van der Waals surface area contributed by atoms with Gasteiger partial charge in [-0.25, -0.2) is 4.79 Å². The summed E-state index contributed by atoms with van der Waals surface area (Å²) in [4.78, 5) is 27.1. The summed E-state index contributed by atoms with van der Waals surface area (Å²) in [5.74, 6) is -0.147. The van der Waals surface area contributed by atoms with Crippen LogP contribution in [0.15, 0.2) is 53.4 Å². The number of thiocarbonyl (C=S) groups is 1.